The van der Waals surface area contributed by atoms with Crippen molar-refractivity contribution in [1.82, 2.24) is 9.97 Å². The summed E-state index contributed by atoms with van der Waals surface area (Å²) < 4.78 is 38.8. The van der Waals surface area contributed by atoms with Crippen LogP contribution in [0, 0.1) is 0 Å². The van der Waals surface area contributed by atoms with Crippen molar-refractivity contribution in [1.29, 1.82) is 0 Å². The van der Waals surface area contributed by atoms with Gasteiger partial charge in [-0.2, -0.15) is 13.2 Å². The lowest BCUT2D eigenvalue weighted by molar-refractivity contribution is -0.137. The Morgan fingerprint density at radius 1 is 1.16 bits per heavy atom. The summed E-state index contributed by atoms with van der Waals surface area (Å²) in [5, 5.41) is 2.92. The number of halogens is 3. The van der Waals surface area contributed by atoms with Gasteiger partial charge in [0.05, 0.1) is 23.7 Å². The molecule has 1 aromatic carbocycles. The number of anilines is 1. The molecule has 0 radical (unpaired) electrons. The van der Waals surface area contributed by atoms with Crippen molar-refractivity contribution in [2.45, 2.75) is 13.1 Å². The molecule has 0 aliphatic carbocycles. The van der Waals surface area contributed by atoms with E-state index in [0.717, 1.165) is 6.07 Å². The molecule has 1 aromatic heterocycles. The van der Waals surface area contributed by atoms with Crippen molar-refractivity contribution >= 4 is 5.82 Å². The Balaban J connectivity index is 2.50. The van der Waals surface area contributed by atoms with E-state index in [0.29, 0.717) is 12.4 Å². The molecule has 0 saturated carbocycles. The van der Waals surface area contributed by atoms with E-state index in [1.165, 1.54) is 24.5 Å². The number of nitrogens with one attached hydrogen (secondary N) is 1. The lowest BCUT2D eigenvalue weighted by Gasteiger charge is -2.12. The van der Waals surface area contributed by atoms with Crippen LogP contribution in [-0.4, -0.2) is 16.5 Å². The first-order chi connectivity index (χ1) is 9.02. The first-order valence-corrected chi connectivity index (χ1v) is 5.75. The second-order valence-corrected chi connectivity index (χ2v) is 3.86. The van der Waals surface area contributed by atoms with Gasteiger partial charge < -0.3 is 5.32 Å². The zero-order valence-corrected chi connectivity index (χ0v) is 10.2. The predicted molar refractivity (Wildman–Crippen MR) is 66.6 cm³/mol. The van der Waals surface area contributed by atoms with Gasteiger partial charge in [0, 0.05) is 12.1 Å². The Morgan fingerprint density at radius 3 is 2.58 bits per heavy atom. The van der Waals surface area contributed by atoms with Crippen LogP contribution < -0.4 is 5.32 Å². The van der Waals surface area contributed by atoms with Gasteiger partial charge in [-0.1, -0.05) is 18.2 Å². The lowest BCUT2D eigenvalue weighted by atomic mass is 10.0. The molecule has 1 heterocycles. The van der Waals surface area contributed by atoms with Crippen LogP contribution in [0.25, 0.3) is 11.3 Å². The average molecular weight is 267 g/mol. The molecule has 1 N–H and O–H groups in total. The van der Waals surface area contributed by atoms with E-state index in [2.05, 4.69) is 15.3 Å². The van der Waals surface area contributed by atoms with Crippen molar-refractivity contribution < 1.29 is 13.2 Å². The molecule has 0 spiro atoms. The van der Waals surface area contributed by atoms with E-state index in [1.54, 1.807) is 6.07 Å². The van der Waals surface area contributed by atoms with E-state index in [9.17, 15) is 13.2 Å². The van der Waals surface area contributed by atoms with E-state index in [1.807, 2.05) is 6.92 Å². The zero-order valence-electron chi connectivity index (χ0n) is 10.2. The zero-order chi connectivity index (χ0) is 13.9. The SMILES string of the molecule is CCNc1cncc(-c2ccccc2C(F)(F)F)n1. The van der Waals surface area contributed by atoms with Crippen molar-refractivity contribution in [3.05, 3.63) is 42.2 Å². The van der Waals surface area contributed by atoms with Gasteiger partial charge in [-0.15, -0.1) is 0 Å². The number of hydrogen-bond acceptors (Lipinski definition) is 3. The molecule has 0 amide bonds. The number of benzene rings is 1. The smallest absolute Gasteiger partial charge is 0.369 e. The minimum absolute atomic E-state index is 0.0299. The van der Waals surface area contributed by atoms with Gasteiger partial charge in [0.2, 0.25) is 0 Å². The maximum absolute atomic E-state index is 12.9. The molecule has 100 valence electrons. The molecule has 0 atom stereocenters. The Morgan fingerprint density at radius 2 is 1.89 bits per heavy atom. The Labute approximate surface area is 108 Å². The summed E-state index contributed by atoms with van der Waals surface area (Å²) in [6, 6.07) is 5.33. The van der Waals surface area contributed by atoms with E-state index < -0.39 is 11.7 Å². The first kappa shape index (κ1) is 13.3. The summed E-state index contributed by atoms with van der Waals surface area (Å²) in [4.78, 5) is 8.04. The van der Waals surface area contributed by atoms with Gasteiger partial charge in [-0.05, 0) is 13.0 Å². The maximum Gasteiger partial charge on any atom is 0.417 e. The quantitative estimate of drug-likeness (QED) is 0.923. The summed E-state index contributed by atoms with van der Waals surface area (Å²) >= 11 is 0. The molecule has 3 nitrogen and oxygen atoms in total. The third-order valence-electron chi connectivity index (χ3n) is 2.50. The monoisotopic (exact) mass is 267 g/mol. The molecule has 0 bridgehead atoms. The molecule has 0 saturated heterocycles. The molecule has 0 fully saturated rings. The third kappa shape index (κ3) is 3.01. The van der Waals surface area contributed by atoms with Crippen LogP contribution in [0.2, 0.25) is 0 Å². The molecular weight excluding hydrogens is 255 g/mol. The number of hydrogen-bond donors (Lipinski definition) is 1. The number of aromatic nitrogens is 2. The van der Waals surface area contributed by atoms with Crippen molar-refractivity contribution in [3.8, 4) is 11.3 Å². The largest absolute Gasteiger partial charge is 0.417 e. The maximum atomic E-state index is 12.9. The normalized spacial score (nSPS) is 11.4. The highest BCUT2D eigenvalue weighted by molar-refractivity contribution is 5.65. The van der Waals surface area contributed by atoms with Gasteiger partial charge in [0.25, 0.3) is 0 Å². The van der Waals surface area contributed by atoms with Gasteiger partial charge >= 0.3 is 6.18 Å². The van der Waals surface area contributed by atoms with Crippen LogP contribution >= 0.6 is 0 Å². The fourth-order valence-electron chi connectivity index (χ4n) is 1.72. The van der Waals surface area contributed by atoms with Crippen LogP contribution in [0.15, 0.2) is 36.7 Å². The van der Waals surface area contributed by atoms with Gasteiger partial charge in [0.1, 0.15) is 5.82 Å². The van der Waals surface area contributed by atoms with E-state index in [-0.39, 0.29) is 11.3 Å². The van der Waals surface area contributed by atoms with Gasteiger partial charge in [0.15, 0.2) is 0 Å². The van der Waals surface area contributed by atoms with Gasteiger partial charge in [-0.3, -0.25) is 4.98 Å². The lowest BCUT2D eigenvalue weighted by Crippen LogP contribution is -2.08. The summed E-state index contributed by atoms with van der Waals surface area (Å²) in [5.74, 6) is 0.456. The molecule has 6 heteroatoms. The van der Waals surface area contributed by atoms with Crippen LogP contribution in [-0.2, 0) is 6.18 Å². The molecule has 0 unspecified atom stereocenters. The minimum Gasteiger partial charge on any atom is -0.369 e. The van der Waals surface area contributed by atoms with Crippen LogP contribution in [0.4, 0.5) is 19.0 Å². The van der Waals surface area contributed by atoms with Gasteiger partial charge in [-0.25, -0.2) is 4.98 Å². The molecule has 2 rings (SSSR count). The summed E-state index contributed by atoms with van der Waals surface area (Å²) in [5.41, 5.74) is -0.480. The highest BCUT2D eigenvalue weighted by Gasteiger charge is 2.33. The molecule has 0 aliphatic rings. The molecular formula is C13H12F3N3. The number of rotatable bonds is 3. The van der Waals surface area contributed by atoms with Crippen molar-refractivity contribution in [3.63, 3.8) is 0 Å². The molecule has 2 aromatic rings. The Hall–Kier alpha value is -2.11. The van der Waals surface area contributed by atoms with Crippen molar-refractivity contribution in [2.75, 3.05) is 11.9 Å². The summed E-state index contributed by atoms with van der Waals surface area (Å²) in [7, 11) is 0. The van der Waals surface area contributed by atoms with E-state index >= 15 is 0 Å². The average Bonchev–Trinajstić information content (AvgIpc) is 2.38. The van der Waals surface area contributed by atoms with Crippen LogP contribution in [0.1, 0.15) is 12.5 Å². The standard InChI is InChI=1S/C13H12F3N3/c1-2-18-12-8-17-7-11(19-12)9-5-3-4-6-10(9)13(14,15)16/h3-8H,2H2,1H3,(H,18,19). The molecule has 0 aliphatic heterocycles. The topological polar surface area (TPSA) is 37.8 Å². The number of alkyl halides is 3. The number of nitrogens with zero attached hydrogens (tertiary/aromatic N) is 2. The summed E-state index contributed by atoms with van der Waals surface area (Å²) in [6.07, 6.45) is -1.61. The van der Waals surface area contributed by atoms with Crippen LogP contribution in [0.5, 0.6) is 0 Å². The summed E-state index contributed by atoms with van der Waals surface area (Å²) in [6.45, 7) is 2.50. The third-order valence-corrected chi connectivity index (χ3v) is 2.50. The van der Waals surface area contributed by atoms with E-state index in [4.69, 9.17) is 0 Å². The fourth-order valence-corrected chi connectivity index (χ4v) is 1.72. The molecule has 19 heavy (non-hydrogen) atoms. The van der Waals surface area contributed by atoms with Crippen molar-refractivity contribution in [2.24, 2.45) is 0 Å². The minimum atomic E-state index is -4.41. The first-order valence-electron chi connectivity index (χ1n) is 5.75. The highest BCUT2D eigenvalue weighted by atomic mass is 19.4. The second kappa shape index (κ2) is 5.26. The van der Waals surface area contributed by atoms with Crippen LogP contribution in [0.3, 0.4) is 0 Å². The Kier molecular flexibility index (Phi) is 3.69. The predicted octanol–water partition coefficient (Wildman–Crippen LogP) is 3.59. The highest BCUT2D eigenvalue weighted by Crippen LogP contribution is 2.36. The Bertz CT molecular complexity index is 567. The fraction of sp³-hybridized carbons (Fsp3) is 0.231. The second-order valence-electron chi connectivity index (χ2n) is 3.86.